The smallest absolute Gasteiger partial charge is 0.410 e. The number of rotatable bonds is 6. The largest absolute Gasteiger partial charge is 0.444 e. The normalized spacial score (nSPS) is 30.9. The maximum atomic E-state index is 14.3. The Morgan fingerprint density at radius 3 is 2.43 bits per heavy atom. The molecule has 4 heterocycles. The van der Waals surface area contributed by atoms with Crippen LogP contribution in [0.1, 0.15) is 75.3 Å². The summed E-state index contributed by atoms with van der Waals surface area (Å²) in [4.78, 5) is 71.3. The highest BCUT2D eigenvalue weighted by Crippen LogP contribution is 2.46. The van der Waals surface area contributed by atoms with Gasteiger partial charge in [0, 0.05) is 31.8 Å². The first-order valence-electron chi connectivity index (χ1n) is 17.9. The van der Waals surface area contributed by atoms with Gasteiger partial charge >= 0.3 is 12.2 Å². The topological polar surface area (TPSA) is 190 Å². The Morgan fingerprint density at radius 2 is 1.73 bits per heavy atom. The van der Waals surface area contributed by atoms with E-state index in [1.807, 2.05) is 36.4 Å². The highest BCUT2D eigenvalue weighted by Gasteiger charge is 2.62. The summed E-state index contributed by atoms with van der Waals surface area (Å²) in [7, 11) is -3.90. The first-order chi connectivity index (χ1) is 24.5. The predicted molar refractivity (Wildman–Crippen MR) is 180 cm³/mol. The molecule has 16 heteroatoms. The van der Waals surface area contributed by atoms with E-state index in [4.69, 9.17) is 14.2 Å². The van der Waals surface area contributed by atoms with Gasteiger partial charge in [-0.15, -0.1) is 0 Å². The molecular weight excluding hydrogens is 682 g/mol. The van der Waals surface area contributed by atoms with Gasteiger partial charge in [-0.1, -0.05) is 49.3 Å². The molecule has 4 aliphatic heterocycles. The fourth-order valence-corrected chi connectivity index (χ4v) is 8.82. The van der Waals surface area contributed by atoms with E-state index in [-0.39, 0.29) is 32.4 Å². The van der Waals surface area contributed by atoms with Crippen molar-refractivity contribution in [2.45, 2.75) is 112 Å². The van der Waals surface area contributed by atoms with Crippen LogP contribution in [-0.2, 0) is 51.7 Å². The molecule has 276 valence electrons. The van der Waals surface area contributed by atoms with Gasteiger partial charge in [0.15, 0.2) is 0 Å². The van der Waals surface area contributed by atoms with Crippen LogP contribution < -0.4 is 15.4 Å². The average Bonchev–Trinajstić information content (AvgIpc) is 3.88. The first kappa shape index (κ1) is 35.2. The lowest BCUT2D eigenvalue weighted by atomic mass is 10.0. The van der Waals surface area contributed by atoms with Crippen molar-refractivity contribution >= 4 is 39.9 Å². The van der Waals surface area contributed by atoms with Gasteiger partial charge in [-0.3, -0.25) is 24.0 Å². The van der Waals surface area contributed by atoms with Gasteiger partial charge in [0.05, 0.1) is 25.0 Å². The highest BCUT2D eigenvalue weighted by atomic mass is 32.2. The van der Waals surface area contributed by atoms with Gasteiger partial charge in [0.1, 0.15) is 29.8 Å². The molecule has 15 nitrogen and oxygen atoms in total. The van der Waals surface area contributed by atoms with Crippen LogP contribution in [0.15, 0.2) is 36.4 Å². The standard InChI is InChI=1S/C35H45N5O10S/c41-30-29-16-26(50-34(45)39-18-22-8-6-7-9-23(22)19-39)20-40(29)31(42)28(36-33(44)49-25-14-15-48-21-25)11-5-3-1-2-4-10-24-17-35(24,37-30)32(43)38-51(46,47)27-12-13-27/h4,6-10,24-29H,1-3,5,11-21H2,(H,36,44)(H,37,41)(H,38,43)/t24-,25-,26-,28+,29+,35-/m1/s1. The number of ether oxygens (including phenoxy) is 3. The number of allylic oxidation sites excluding steroid dienone is 1. The number of nitrogens with zero attached hydrogens (tertiary/aromatic N) is 2. The molecule has 2 saturated heterocycles. The molecule has 0 spiro atoms. The van der Waals surface area contributed by atoms with Crippen molar-refractivity contribution in [1.82, 2.24) is 25.2 Å². The third-order valence-electron chi connectivity index (χ3n) is 10.7. The summed E-state index contributed by atoms with van der Waals surface area (Å²) in [5.74, 6) is -2.48. The van der Waals surface area contributed by atoms with E-state index < -0.39 is 80.9 Å². The number of carbonyl (C=O) groups is 5. The van der Waals surface area contributed by atoms with Gasteiger partial charge in [-0.2, -0.15) is 0 Å². The predicted octanol–water partition coefficient (Wildman–Crippen LogP) is 2.00. The number of alkyl carbamates (subject to hydrolysis) is 1. The summed E-state index contributed by atoms with van der Waals surface area (Å²) in [6, 6.07) is 5.48. The van der Waals surface area contributed by atoms with E-state index in [1.165, 1.54) is 4.90 Å². The molecule has 5 amide bonds. The lowest BCUT2D eigenvalue weighted by Crippen LogP contribution is -2.58. The van der Waals surface area contributed by atoms with Crippen molar-refractivity contribution in [1.29, 1.82) is 0 Å². The Bertz CT molecular complexity index is 1670. The zero-order chi connectivity index (χ0) is 35.8. The highest BCUT2D eigenvalue weighted by molar-refractivity contribution is 7.91. The molecule has 51 heavy (non-hydrogen) atoms. The molecule has 0 bridgehead atoms. The summed E-state index contributed by atoms with van der Waals surface area (Å²) in [5, 5.41) is 4.89. The van der Waals surface area contributed by atoms with Gasteiger partial charge in [-0.25, -0.2) is 18.0 Å². The molecule has 0 aromatic heterocycles. The second-order valence-corrected chi connectivity index (χ2v) is 16.4. The van der Waals surface area contributed by atoms with Gasteiger partial charge in [0.25, 0.3) is 5.91 Å². The molecule has 6 atom stereocenters. The number of amides is 5. The van der Waals surface area contributed by atoms with Crippen molar-refractivity contribution in [3.05, 3.63) is 47.5 Å². The van der Waals surface area contributed by atoms with Crippen molar-refractivity contribution in [3.8, 4) is 0 Å². The zero-order valence-corrected chi connectivity index (χ0v) is 29.2. The maximum Gasteiger partial charge on any atom is 0.410 e. The van der Waals surface area contributed by atoms with Gasteiger partial charge in [-0.05, 0) is 49.7 Å². The molecule has 4 fully saturated rings. The lowest BCUT2D eigenvalue weighted by Gasteiger charge is -2.30. The summed E-state index contributed by atoms with van der Waals surface area (Å²) >= 11 is 0. The Labute approximate surface area is 296 Å². The Hall–Kier alpha value is -4.18. The van der Waals surface area contributed by atoms with E-state index in [2.05, 4.69) is 15.4 Å². The van der Waals surface area contributed by atoms with E-state index in [9.17, 15) is 32.4 Å². The van der Waals surface area contributed by atoms with Crippen molar-refractivity contribution < 1.29 is 46.6 Å². The minimum atomic E-state index is -3.90. The molecule has 2 saturated carbocycles. The fourth-order valence-electron chi connectivity index (χ4n) is 7.46. The quantitative estimate of drug-likeness (QED) is 0.366. The summed E-state index contributed by atoms with van der Waals surface area (Å²) in [6.07, 6.45) is 5.82. The number of sulfonamides is 1. The number of fused-ring (bicyclic) bond motifs is 3. The average molecular weight is 728 g/mol. The SMILES string of the molecule is O=C(N[C@H]1CCCCCC=C[C@@H]2C[C@@]2(C(=O)NS(=O)(=O)C2CC2)NC(=O)[C@@H]2C[C@@H](OC(=O)N3Cc4ccccc4C3)CN2C1=O)O[C@@H]1CCOC1. The van der Waals surface area contributed by atoms with Crippen LogP contribution >= 0.6 is 0 Å². The molecule has 7 rings (SSSR count). The van der Waals surface area contributed by atoms with Crippen LogP contribution in [0, 0.1) is 5.92 Å². The fraction of sp³-hybridized carbons (Fsp3) is 0.629. The molecular formula is C35H45N5O10S. The van der Waals surface area contributed by atoms with Crippen molar-refractivity contribution in [2.75, 3.05) is 19.8 Å². The third kappa shape index (κ3) is 7.86. The molecule has 0 unspecified atom stereocenters. The number of nitrogens with one attached hydrogen (secondary N) is 3. The van der Waals surface area contributed by atoms with Gasteiger partial charge < -0.3 is 29.7 Å². The monoisotopic (exact) mass is 727 g/mol. The van der Waals surface area contributed by atoms with Gasteiger partial charge in [0.2, 0.25) is 21.8 Å². The summed E-state index contributed by atoms with van der Waals surface area (Å²) < 4.78 is 44.4. The van der Waals surface area contributed by atoms with Crippen LogP contribution in [0.4, 0.5) is 9.59 Å². The summed E-state index contributed by atoms with van der Waals surface area (Å²) in [5.41, 5.74) is 0.493. The van der Waals surface area contributed by atoms with E-state index in [0.717, 1.165) is 24.0 Å². The van der Waals surface area contributed by atoms with Crippen LogP contribution in [0.2, 0.25) is 0 Å². The van der Waals surface area contributed by atoms with Crippen LogP contribution in [0.25, 0.3) is 0 Å². The minimum Gasteiger partial charge on any atom is -0.444 e. The van der Waals surface area contributed by atoms with Crippen molar-refractivity contribution in [3.63, 3.8) is 0 Å². The number of benzene rings is 1. The number of hydrogen-bond acceptors (Lipinski definition) is 10. The second-order valence-electron chi connectivity index (χ2n) is 14.5. The Balaban J connectivity index is 1.12. The maximum absolute atomic E-state index is 14.3. The first-order valence-corrected chi connectivity index (χ1v) is 19.5. The lowest BCUT2D eigenvalue weighted by molar-refractivity contribution is -0.141. The summed E-state index contributed by atoms with van der Waals surface area (Å²) in [6.45, 7) is 1.35. The van der Waals surface area contributed by atoms with Crippen LogP contribution in [0.5, 0.6) is 0 Å². The number of hydrogen-bond donors (Lipinski definition) is 3. The molecule has 2 aliphatic carbocycles. The molecule has 0 radical (unpaired) electrons. The Kier molecular flexibility index (Phi) is 9.98. The zero-order valence-electron chi connectivity index (χ0n) is 28.4. The molecule has 1 aromatic rings. The van der Waals surface area contributed by atoms with Crippen molar-refractivity contribution in [2.24, 2.45) is 5.92 Å². The van der Waals surface area contributed by atoms with E-state index >= 15 is 0 Å². The Morgan fingerprint density at radius 1 is 0.961 bits per heavy atom. The minimum absolute atomic E-state index is 0.0563. The molecule has 1 aromatic carbocycles. The van der Waals surface area contributed by atoms with E-state index in [1.54, 1.807) is 4.90 Å². The van der Waals surface area contributed by atoms with Crippen LogP contribution in [-0.4, -0.2) is 103 Å². The second kappa shape index (κ2) is 14.4. The van der Waals surface area contributed by atoms with Crippen LogP contribution in [0.3, 0.4) is 0 Å². The third-order valence-corrected chi connectivity index (χ3v) is 12.5. The number of carbonyl (C=O) groups excluding carboxylic acids is 5. The molecule has 3 N–H and O–H groups in total. The molecule has 6 aliphatic rings. The van der Waals surface area contributed by atoms with E-state index in [0.29, 0.717) is 51.8 Å².